The average molecular weight is 440 g/mol. The third-order valence-corrected chi connectivity index (χ3v) is 5.29. The SMILES string of the molecule is CC(C)n1cnc2c(NCCOc3ccccc3)nc(Nc3nccc4ccccc34)nc21. The second kappa shape index (κ2) is 9.12. The van der Waals surface area contributed by atoms with Gasteiger partial charge in [0.05, 0.1) is 12.9 Å². The first-order valence-electron chi connectivity index (χ1n) is 11.0. The van der Waals surface area contributed by atoms with Gasteiger partial charge in [-0.3, -0.25) is 0 Å². The summed E-state index contributed by atoms with van der Waals surface area (Å²) in [6.07, 6.45) is 3.58. The van der Waals surface area contributed by atoms with Crippen molar-refractivity contribution in [1.29, 1.82) is 0 Å². The molecule has 33 heavy (non-hydrogen) atoms. The minimum atomic E-state index is 0.211. The molecule has 2 aromatic carbocycles. The normalized spacial score (nSPS) is 11.2. The molecule has 0 bridgehead atoms. The molecule has 0 aliphatic carbocycles. The molecule has 5 aromatic rings. The molecule has 2 N–H and O–H groups in total. The van der Waals surface area contributed by atoms with Gasteiger partial charge in [-0.1, -0.05) is 42.5 Å². The summed E-state index contributed by atoms with van der Waals surface area (Å²) in [5.41, 5.74) is 1.48. The van der Waals surface area contributed by atoms with Crippen molar-refractivity contribution in [2.75, 3.05) is 23.8 Å². The molecule has 0 fully saturated rings. The highest BCUT2D eigenvalue weighted by Gasteiger charge is 2.16. The maximum atomic E-state index is 5.80. The molecule has 0 aliphatic heterocycles. The maximum Gasteiger partial charge on any atom is 0.232 e. The third-order valence-electron chi connectivity index (χ3n) is 5.29. The second-order valence-corrected chi connectivity index (χ2v) is 7.91. The number of nitrogens with one attached hydrogen (secondary N) is 2. The zero-order valence-electron chi connectivity index (χ0n) is 18.6. The van der Waals surface area contributed by atoms with Crippen LogP contribution >= 0.6 is 0 Å². The van der Waals surface area contributed by atoms with Gasteiger partial charge in [-0.25, -0.2) is 9.97 Å². The first kappa shape index (κ1) is 20.7. The number of anilines is 3. The molecule has 0 atom stereocenters. The molecule has 0 radical (unpaired) electrons. The van der Waals surface area contributed by atoms with Crippen LogP contribution in [0.4, 0.5) is 17.6 Å². The van der Waals surface area contributed by atoms with E-state index in [1.54, 1.807) is 12.5 Å². The Hall–Kier alpha value is -4.20. The maximum absolute atomic E-state index is 5.80. The summed E-state index contributed by atoms with van der Waals surface area (Å²) in [4.78, 5) is 18.6. The summed E-state index contributed by atoms with van der Waals surface area (Å²) in [6.45, 7) is 5.27. The van der Waals surface area contributed by atoms with Crippen molar-refractivity contribution >= 4 is 39.5 Å². The molecule has 0 spiro atoms. The van der Waals surface area contributed by atoms with Crippen molar-refractivity contribution in [3.8, 4) is 5.75 Å². The smallest absolute Gasteiger partial charge is 0.232 e. The Morgan fingerprint density at radius 3 is 2.58 bits per heavy atom. The van der Waals surface area contributed by atoms with E-state index in [0.717, 1.165) is 27.7 Å². The minimum absolute atomic E-state index is 0.211. The highest BCUT2D eigenvalue weighted by atomic mass is 16.5. The van der Waals surface area contributed by atoms with Gasteiger partial charge in [-0.05, 0) is 37.4 Å². The number of rotatable bonds is 8. The molecule has 0 unspecified atom stereocenters. The fourth-order valence-electron chi connectivity index (χ4n) is 3.65. The zero-order chi connectivity index (χ0) is 22.6. The Morgan fingerprint density at radius 1 is 0.909 bits per heavy atom. The number of benzene rings is 2. The lowest BCUT2D eigenvalue weighted by molar-refractivity contribution is 0.333. The highest BCUT2D eigenvalue weighted by molar-refractivity contribution is 5.93. The lowest BCUT2D eigenvalue weighted by Crippen LogP contribution is -2.14. The average Bonchev–Trinajstić information content (AvgIpc) is 3.27. The van der Waals surface area contributed by atoms with Crippen molar-refractivity contribution in [3.05, 3.63) is 73.2 Å². The van der Waals surface area contributed by atoms with Crippen molar-refractivity contribution in [3.63, 3.8) is 0 Å². The van der Waals surface area contributed by atoms with Gasteiger partial charge in [0.25, 0.3) is 0 Å². The van der Waals surface area contributed by atoms with Crippen molar-refractivity contribution < 1.29 is 4.74 Å². The van der Waals surface area contributed by atoms with E-state index in [4.69, 9.17) is 14.7 Å². The molecule has 0 amide bonds. The number of ether oxygens (including phenoxy) is 1. The van der Waals surface area contributed by atoms with Crippen molar-refractivity contribution in [2.24, 2.45) is 0 Å². The van der Waals surface area contributed by atoms with Gasteiger partial charge in [0, 0.05) is 17.6 Å². The Labute approximate surface area is 191 Å². The molecule has 0 saturated carbocycles. The molecule has 166 valence electrons. The van der Waals surface area contributed by atoms with E-state index in [1.807, 2.05) is 59.2 Å². The van der Waals surface area contributed by atoms with Crippen LogP contribution < -0.4 is 15.4 Å². The van der Waals surface area contributed by atoms with Crippen molar-refractivity contribution in [2.45, 2.75) is 19.9 Å². The summed E-state index contributed by atoms with van der Waals surface area (Å²) in [6, 6.07) is 20.0. The fourth-order valence-corrected chi connectivity index (χ4v) is 3.65. The molecule has 3 heterocycles. The second-order valence-electron chi connectivity index (χ2n) is 7.91. The van der Waals surface area contributed by atoms with Crippen LogP contribution in [0.3, 0.4) is 0 Å². The largest absolute Gasteiger partial charge is 0.492 e. The first-order valence-corrected chi connectivity index (χ1v) is 11.0. The zero-order valence-corrected chi connectivity index (χ0v) is 18.6. The summed E-state index contributed by atoms with van der Waals surface area (Å²) < 4.78 is 7.83. The number of para-hydroxylation sites is 1. The van der Waals surface area contributed by atoms with Gasteiger partial charge < -0.3 is 19.9 Å². The van der Waals surface area contributed by atoms with Gasteiger partial charge >= 0.3 is 0 Å². The predicted molar refractivity (Wildman–Crippen MR) is 131 cm³/mol. The van der Waals surface area contributed by atoms with Crippen LogP contribution in [0.1, 0.15) is 19.9 Å². The molecule has 3 aromatic heterocycles. The molecule has 0 saturated heterocycles. The van der Waals surface area contributed by atoms with E-state index in [1.165, 1.54) is 0 Å². The number of aromatic nitrogens is 5. The molecular weight excluding hydrogens is 414 g/mol. The molecule has 5 rings (SSSR count). The van der Waals surface area contributed by atoms with E-state index in [0.29, 0.717) is 30.7 Å². The number of hydrogen-bond acceptors (Lipinski definition) is 7. The number of pyridine rings is 1. The van der Waals surface area contributed by atoms with Crippen LogP contribution in [-0.2, 0) is 0 Å². The standard InChI is InChI=1S/C25H25N7O/c1-17(2)32-16-28-21-23(27-14-15-33-19-9-4-3-5-10-19)30-25(31-24(21)32)29-22-20-11-7-6-8-18(20)12-13-26-22/h3-13,16-17H,14-15H2,1-2H3,(H2,26,27,29,30,31). The Bertz CT molecular complexity index is 1380. The number of nitrogens with zero attached hydrogens (tertiary/aromatic N) is 5. The Balaban J connectivity index is 1.44. The minimum Gasteiger partial charge on any atom is -0.492 e. The molecule has 0 aliphatic rings. The predicted octanol–water partition coefficient (Wildman–Crippen LogP) is 5.19. The Morgan fingerprint density at radius 2 is 1.73 bits per heavy atom. The van der Waals surface area contributed by atoms with E-state index in [2.05, 4.69) is 40.5 Å². The van der Waals surface area contributed by atoms with Crippen LogP contribution in [0.5, 0.6) is 5.75 Å². The van der Waals surface area contributed by atoms with Crippen LogP contribution in [0.25, 0.3) is 21.9 Å². The van der Waals surface area contributed by atoms with Crippen LogP contribution in [0.2, 0.25) is 0 Å². The van der Waals surface area contributed by atoms with Crippen LogP contribution in [0, 0.1) is 0 Å². The molecule has 8 heteroatoms. The first-order chi connectivity index (χ1) is 16.2. The lowest BCUT2D eigenvalue weighted by Gasteiger charge is -2.13. The van der Waals surface area contributed by atoms with Gasteiger partial charge in [-0.2, -0.15) is 9.97 Å². The fraction of sp³-hybridized carbons (Fsp3) is 0.200. The van der Waals surface area contributed by atoms with Crippen molar-refractivity contribution in [1.82, 2.24) is 24.5 Å². The summed E-state index contributed by atoms with van der Waals surface area (Å²) in [7, 11) is 0. The topological polar surface area (TPSA) is 89.8 Å². The van der Waals surface area contributed by atoms with Gasteiger partial charge in [0.1, 0.15) is 18.2 Å². The summed E-state index contributed by atoms with van der Waals surface area (Å²) in [5, 5.41) is 8.77. The van der Waals surface area contributed by atoms with E-state index in [9.17, 15) is 0 Å². The van der Waals surface area contributed by atoms with E-state index in [-0.39, 0.29) is 6.04 Å². The number of fused-ring (bicyclic) bond motifs is 2. The van der Waals surface area contributed by atoms with Crippen LogP contribution in [-0.4, -0.2) is 37.7 Å². The van der Waals surface area contributed by atoms with E-state index >= 15 is 0 Å². The monoisotopic (exact) mass is 439 g/mol. The molecular formula is C25H25N7O. The number of hydrogen-bond donors (Lipinski definition) is 2. The Kier molecular flexibility index (Phi) is 5.72. The third kappa shape index (κ3) is 4.41. The summed E-state index contributed by atoms with van der Waals surface area (Å²) in [5.74, 6) is 2.65. The van der Waals surface area contributed by atoms with Gasteiger partial charge in [-0.15, -0.1) is 0 Å². The quantitative estimate of drug-likeness (QED) is 0.322. The lowest BCUT2D eigenvalue weighted by atomic mass is 10.1. The summed E-state index contributed by atoms with van der Waals surface area (Å²) >= 11 is 0. The van der Waals surface area contributed by atoms with Crippen LogP contribution in [0.15, 0.2) is 73.2 Å². The number of imidazole rings is 1. The van der Waals surface area contributed by atoms with Gasteiger partial charge in [0.2, 0.25) is 5.95 Å². The van der Waals surface area contributed by atoms with E-state index < -0.39 is 0 Å². The molecule has 8 nitrogen and oxygen atoms in total. The van der Waals surface area contributed by atoms with Gasteiger partial charge in [0.15, 0.2) is 17.0 Å². The highest BCUT2D eigenvalue weighted by Crippen LogP contribution is 2.27.